The van der Waals surface area contributed by atoms with Crippen LogP contribution in [-0.2, 0) is 9.59 Å². The van der Waals surface area contributed by atoms with Gasteiger partial charge in [-0.05, 0) is 60.9 Å². The van der Waals surface area contributed by atoms with Crippen LogP contribution in [0.4, 0.5) is 0 Å². The zero-order valence-corrected chi connectivity index (χ0v) is 19.5. The van der Waals surface area contributed by atoms with Gasteiger partial charge >= 0.3 is 11.9 Å². The minimum absolute atomic E-state index is 0.298. The van der Waals surface area contributed by atoms with E-state index in [4.69, 9.17) is 14.2 Å². The first-order chi connectivity index (χ1) is 16.3. The average molecular weight is 455 g/mol. The smallest absolute Gasteiger partial charge is 0.338 e. The summed E-state index contributed by atoms with van der Waals surface area (Å²) in [5.41, 5.74) is 3.99. The lowest BCUT2D eigenvalue weighted by Crippen LogP contribution is -2.09. The number of hydrogen-bond donors (Lipinski definition) is 0. The highest BCUT2D eigenvalue weighted by atomic mass is 16.5. The van der Waals surface area contributed by atoms with E-state index in [1.165, 1.54) is 0 Å². The first kappa shape index (κ1) is 24.3. The van der Waals surface area contributed by atoms with Crippen LogP contribution in [0.3, 0.4) is 0 Å². The summed E-state index contributed by atoms with van der Waals surface area (Å²) in [6, 6.07) is 20.2. The molecule has 0 saturated carbocycles. The van der Waals surface area contributed by atoms with Crippen LogP contribution in [-0.4, -0.2) is 19.0 Å². The Balaban J connectivity index is 1.90. The molecule has 5 nitrogen and oxygen atoms in total. The van der Waals surface area contributed by atoms with E-state index in [2.05, 4.69) is 13.2 Å². The van der Waals surface area contributed by atoms with Crippen LogP contribution in [0.15, 0.2) is 91.0 Å². The highest BCUT2D eigenvalue weighted by molar-refractivity contribution is 5.91. The van der Waals surface area contributed by atoms with Crippen molar-refractivity contribution in [3.05, 3.63) is 102 Å². The lowest BCUT2D eigenvalue weighted by atomic mass is 10.0. The molecule has 0 aromatic heterocycles. The van der Waals surface area contributed by atoms with Gasteiger partial charge in [-0.25, -0.2) is 9.59 Å². The number of carbonyl (C=O) groups excluding carboxylic acids is 2. The number of methoxy groups -OCH3 is 1. The second-order valence-corrected chi connectivity index (χ2v) is 7.73. The zero-order chi connectivity index (χ0) is 24.7. The molecule has 0 atom stereocenters. The van der Waals surface area contributed by atoms with Crippen LogP contribution in [0.1, 0.15) is 25.0 Å². The van der Waals surface area contributed by atoms with Crippen molar-refractivity contribution in [1.82, 2.24) is 0 Å². The third-order valence-corrected chi connectivity index (χ3v) is 4.87. The van der Waals surface area contributed by atoms with Crippen molar-refractivity contribution in [1.29, 1.82) is 0 Å². The summed E-state index contributed by atoms with van der Waals surface area (Å²) in [5.74, 6) is 0.588. The Morgan fingerprint density at radius 2 is 1.24 bits per heavy atom. The third kappa shape index (κ3) is 6.33. The van der Waals surface area contributed by atoms with Gasteiger partial charge in [-0.1, -0.05) is 61.7 Å². The molecule has 3 aromatic rings. The standard InChI is InChI=1S/C29H26O5/c1-19(2)28(30)33-25-15-11-23(12-16-25)26-17-10-22(18-27(26)34-29(31)20(3)4)7-6-21-8-13-24(32-5)14-9-21/h6-18H,1,3H2,2,4-5H3/b7-6+. The highest BCUT2D eigenvalue weighted by Gasteiger charge is 2.13. The second kappa shape index (κ2) is 11.0. The molecule has 0 radical (unpaired) electrons. The molecule has 0 aliphatic carbocycles. The van der Waals surface area contributed by atoms with E-state index in [0.29, 0.717) is 28.2 Å². The summed E-state index contributed by atoms with van der Waals surface area (Å²) in [7, 11) is 1.63. The molecule has 0 fully saturated rings. The van der Waals surface area contributed by atoms with E-state index in [0.717, 1.165) is 22.4 Å². The fourth-order valence-corrected chi connectivity index (χ4v) is 2.96. The van der Waals surface area contributed by atoms with Gasteiger partial charge in [0.05, 0.1) is 7.11 Å². The summed E-state index contributed by atoms with van der Waals surface area (Å²) >= 11 is 0. The van der Waals surface area contributed by atoms with E-state index >= 15 is 0 Å². The molecule has 0 unspecified atom stereocenters. The molecule has 0 aliphatic heterocycles. The predicted molar refractivity (Wildman–Crippen MR) is 135 cm³/mol. The van der Waals surface area contributed by atoms with Gasteiger partial charge in [-0.2, -0.15) is 0 Å². The summed E-state index contributed by atoms with van der Waals surface area (Å²) < 4.78 is 16.1. The highest BCUT2D eigenvalue weighted by Crippen LogP contribution is 2.33. The first-order valence-electron chi connectivity index (χ1n) is 10.6. The van der Waals surface area contributed by atoms with Crippen molar-refractivity contribution in [2.75, 3.05) is 7.11 Å². The Hall–Kier alpha value is -4.38. The molecule has 0 saturated heterocycles. The quantitative estimate of drug-likeness (QED) is 0.168. The summed E-state index contributed by atoms with van der Waals surface area (Å²) in [4.78, 5) is 24.0. The molecule has 0 heterocycles. The fraction of sp³-hybridized carbons (Fsp3) is 0.103. The number of hydrogen-bond acceptors (Lipinski definition) is 5. The molecule has 0 bridgehead atoms. The monoisotopic (exact) mass is 454 g/mol. The van der Waals surface area contributed by atoms with Gasteiger partial charge in [0.15, 0.2) is 0 Å². The van der Waals surface area contributed by atoms with Crippen LogP contribution in [0.5, 0.6) is 17.2 Å². The van der Waals surface area contributed by atoms with E-state index in [1.807, 2.05) is 48.6 Å². The van der Waals surface area contributed by atoms with Crippen molar-refractivity contribution in [3.63, 3.8) is 0 Å². The average Bonchev–Trinajstić information content (AvgIpc) is 2.83. The Kier molecular flexibility index (Phi) is 7.83. The van der Waals surface area contributed by atoms with Crippen LogP contribution < -0.4 is 14.2 Å². The van der Waals surface area contributed by atoms with E-state index in [1.54, 1.807) is 51.3 Å². The van der Waals surface area contributed by atoms with Crippen LogP contribution in [0.2, 0.25) is 0 Å². The molecule has 0 aliphatic rings. The molecule has 172 valence electrons. The van der Waals surface area contributed by atoms with Gasteiger partial charge in [-0.15, -0.1) is 0 Å². The van der Waals surface area contributed by atoms with Crippen LogP contribution >= 0.6 is 0 Å². The molecule has 0 N–H and O–H groups in total. The summed E-state index contributed by atoms with van der Waals surface area (Å²) in [6.45, 7) is 10.4. The largest absolute Gasteiger partial charge is 0.497 e. The second-order valence-electron chi connectivity index (χ2n) is 7.73. The minimum atomic E-state index is -0.510. The minimum Gasteiger partial charge on any atom is -0.497 e. The molecular weight excluding hydrogens is 428 g/mol. The van der Waals surface area contributed by atoms with Gasteiger partial charge in [0.25, 0.3) is 0 Å². The number of ether oxygens (including phenoxy) is 3. The zero-order valence-electron chi connectivity index (χ0n) is 19.5. The Morgan fingerprint density at radius 1 is 0.706 bits per heavy atom. The predicted octanol–water partition coefficient (Wildman–Crippen LogP) is 6.50. The summed E-state index contributed by atoms with van der Waals surface area (Å²) in [6.07, 6.45) is 3.90. The Morgan fingerprint density at radius 3 is 1.82 bits per heavy atom. The van der Waals surface area contributed by atoms with Crippen molar-refractivity contribution >= 4 is 24.1 Å². The van der Waals surface area contributed by atoms with Gasteiger partial charge in [-0.3, -0.25) is 0 Å². The van der Waals surface area contributed by atoms with Crippen molar-refractivity contribution in [3.8, 4) is 28.4 Å². The lowest BCUT2D eigenvalue weighted by Gasteiger charge is -2.12. The number of benzene rings is 3. The summed E-state index contributed by atoms with van der Waals surface area (Å²) in [5, 5.41) is 0. The van der Waals surface area contributed by atoms with Crippen molar-refractivity contribution < 1.29 is 23.8 Å². The molecule has 0 amide bonds. The molecule has 3 rings (SSSR count). The lowest BCUT2D eigenvalue weighted by molar-refractivity contribution is -0.130. The van der Waals surface area contributed by atoms with Gasteiger partial charge in [0.1, 0.15) is 17.2 Å². The number of carbonyl (C=O) groups is 2. The van der Waals surface area contributed by atoms with Gasteiger partial charge in [0, 0.05) is 16.7 Å². The van der Waals surface area contributed by atoms with Crippen LogP contribution in [0, 0.1) is 0 Å². The third-order valence-electron chi connectivity index (χ3n) is 4.87. The SMILES string of the molecule is C=C(C)C(=O)Oc1ccc(-c2ccc(/C=C/c3ccc(OC)cc3)cc2OC(=O)C(=C)C)cc1. The number of esters is 2. The van der Waals surface area contributed by atoms with E-state index < -0.39 is 11.9 Å². The van der Waals surface area contributed by atoms with Crippen molar-refractivity contribution in [2.24, 2.45) is 0 Å². The molecule has 5 heteroatoms. The fourth-order valence-electron chi connectivity index (χ4n) is 2.96. The normalized spacial score (nSPS) is 10.6. The Labute approximate surface area is 199 Å². The van der Waals surface area contributed by atoms with Crippen LogP contribution in [0.25, 0.3) is 23.3 Å². The molecule has 34 heavy (non-hydrogen) atoms. The van der Waals surface area contributed by atoms with E-state index in [9.17, 15) is 9.59 Å². The van der Waals surface area contributed by atoms with Crippen molar-refractivity contribution in [2.45, 2.75) is 13.8 Å². The van der Waals surface area contributed by atoms with Gasteiger partial charge in [0.2, 0.25) is 0 Å². The Bertz CT molecular complexity index is 1250. The number of rotatable bonds is 8. The molecule has 0 spiro atoms. The molecule has 3 aromatic carbocycles. The first-order valence-corrected chi connectivity index (χ1v) is 10.6. The maximum absolute atomic E-state index is 12.3. The topological polar surface area (TPSA) is 61.8 Å². The maximum Gasteiger partial charge on any atom is 0.338 e. The van der Waals surface area contributed by atoms with E-state index in [-0.39, 0.29) is 0 Å². The van der Waals surface area contributed by atoms with Gasteiger partial charge < -0.3 is 14.2 Å². The maximum atomic E-state index is 12.3. The molecular formula is C29H26O5.